The number of benzene rings is 1. The first-order valence-electron chi connectivity index (χ1n) is 5.59. The number of hydrogen-bond donors (Lipinski definition) is 3. The van der Waals surface area contributed by atoms with Crippen molar-refractivity contribution in [3.63, 3.8) is 0 Å². The summed E-state index contributed by atoms with van der Waals surface area (Å²) in [5, 5.41) is 8.38. The number of ether oxygens (including phenoxy) is 1. The standard InChI is InChI=1S/C11H14F2N2O5S/c1-20-9-3-2-7(4-8(9)10(14)17)21(18,19)15-5-11(12,13)6-16/h2-4,15-16H,5-6H2,1H3,(H2,14,17). The fourth-order valence-corrected chi connectivity index (χ4v) is 2.47. The molecule has 118 valence electrons. The number of carbonyl (C=O) groups is 1. The van der Waals surface area contributed by atoms with Crippen LogP contribution in [-0.4, -0.2) is 45.6 Å². The van der Waals surface area contributed by atoms with Crippen molar-refractivity contribution in [2.24, 2.45) is 5.73 Å². The van der Waals surface area contributed by atoms with Crippen molar-refractivity contribution in [1.29, 1.82) is 0 Å². The maximum absolute atomic E-state index is 12.9. The molecule has 10 heteroatoms. The van der Waals surface area contributed by atoms with E-state index in [1.165, 1.54) is 13.2 Å². The quantitative estimate of drug-likeness (QED) is 0.636. The molecule has 7 nitrogen and oxygen atoms in total. The molecular weight excluding hydrogens is 310 g/mol. The summed E-state index contributed by atoms with van der Waals surface area (Å²) in [5.41, 5.74) is 4.88. The number of carbonyl (C=O) groups excluding carboxylic acids is 1. The molecule has 0 fully saturated rings. The minimum Gasteiger partial charge on any atom is -0.496 e. The number of aliphatic hydroxyl groups is 1. The van der Waals surface area contributed by atoms with E-state index >= 15 is 0 Å². The average molecular weight is 324 g/mol. The third kappa shape index (κ3) is 4.34. The number of rotatable bonds is 7. The number of sulfonamides is 1. The Kier molecular flexibility index (Phi) is 5.20. The van der Waals surface area contributed by atoms with Crippen LogP contribution < -0.4 is 15.2 Å². The van der Waals surface area contributed by atoms with Crippen LogP contribution in [-0.2, 0) is 10.0 Å². The third-order valence-corrected chi connectivity index (χ3v) is 3.90. The smallest absolute Gasteiger partial charge is 0.283 e. The molecule has 4 N–H and O–H groups in total. The van der Waals surface area contributed by atoms with Gasteiger partial charge in [0.05, 0.1) is 24.1 Å². The van der Waals surface area contributed by atoms with Crippen LogP contribution in [0.25, 0.3) is 0 Å². The molecule has 0 bridgehead atoms. The lowest BCUT2D eigenvalue weighted by atomic mass is 10.2. The van der Waals surface area contributed by atoms with E-state index in [0.717, 1.165) is 12.1 Å². The van der Waals surface area contributed by atoms with Crippen molar-refractivity contribution in [3.8, 4) is 5.75 Å². The molecule has 0 aliphatic rings. The minimum atomic E-state index is -4.29. The molecule has 0 aliphatic heterocycles. The van der Waals surface area contributed by atoms with Crippen LogP contribution in [0.5, 0.6) is 5.75 Å². The molecule has 21 heavy (non-hydrogen) atoms. The zero-order valence-corrected chi connectivity index (χ0v) is 11.8. The number of primary amides is 1. The molecule has 0 atom stereocenters. The Balaban J connectivity index is 3.09. The molecule has 1 rings (SSSR count). The van der Waals surface area contributed by atoms with E-state index in [1.807, 2.05) is 0 Å². The molecule has 0 unspecified atom stereocenters. The highest BCUT2D eigenvalue weighted by Crippen LogP contribution is 2.22. The van der Waals surface area contributed by atoms with Crippen LogP contribution in [0.15, 0.2) is 23.1 Å². The summed E-state index contributed by atoms with van der Waals surface area (Å²) >= 11 is 0. The SMILES string of the molecule is COc1ccc(S(=O)(=O)NCC(F)(F)CO)cc1C(N)=O. The van der Waals surface area contributed by atoms with E-state index in [2.05, 4.69) is 0 Å². The highest BCUT2D eigenvalue weighted by atomic mass is 32.2. The number of nitrogens with two attached hydrogens (primary N) is 1. The number of methoxy groups -OCH3 is 1. The Morgan fingerprint density at radius 2 is 2.10 bits per heavy atom. The molecule has 0 aliphatic carbocycles. The van der Waals surface area contributed by atoms with Gasteiger partial charge in [0, 0.05) is 0 Å². The number of halogens is 2. The van der Waals surface area contributed by atoms with Crippen molar-refractivity contribution < 1.29 is 31.8 Å². The van der Waals surface area contributed by atoms with Crippen molar-refractivity contribution >= 4 is 15.9 Å². The number of amides is 1. The van der Waals surface area contributed by atoms with E-state index in [4.69, 9.17) is 15.6 Å². The lowest BCUT2D eigenvalue weighted by molar-refractivity contribution is -0.0437. The Labute approximate surface area is 119 Å². The van der Waals surface area contributed by atoms with Gasteiger partial charge in [0.25, 0.3) is 11.8 Å². The van der Waals surface area contributed by atoms with E-state index in [0.29, 0.717) is 0 Å². The highest BCUT2D eigenvalue weighted by molar-refractivity contribution is 7.89. The van der Waals surface area contributed by atoms with Crippen LogP contribution >= 0.6 is 0 Å². The van der Waals surface area contributed by atoms with Gasteiger partial charge in [-0.25, -0.2) is 21.9 Å². The first kappa shape index (κ1) is 17.3. The van der Waals surface area contributed by atoms with Gasteiger partial charge in [0.15, 0.2) is 0 Å². The molecule has 1 aromatic carbocycles. The second kappa shape index (κ2) is 6.33. The van der Waals surface area contributed by atoms with Crippen molar-refractivity contribution in [3.05, 3.63) is 23.8 Å². The molecule has 0 spiro atoms. The second-order valence-corrected chi connectivity index (χ2v) is 5.83. The molecule has 0 heterocycles. The molecule has 1 aromatic rings. The van der Waals surface area contributed by atoms with Gasteiger partial charge < -0.3 is 15.6 Å². The molecule has 1 amide bonds. The maximum atomic E-state index is 12.9. The van der Waals surface area contributed by atoms with Crippen LogP contribution in [0, 0.1) is 0 Å². The van der Waals surface area contributed by atoms with Crippen molar-refractivity contribution in [2.45, 2.75) is 10.8 Å². The van der Waals surface area contributed by atoms with E-state index < -0.39 is 39.9 Å². The molecule has 0 radical (unpaired) electrons. The maximum Gasteiger partial charge on any atom is 0.283 e. The van der Waals surface area contributed by atoms with E-state index in [1.54, 1.807) is 4.72 Å². The summed E-state index contributed by atoms with van der Waals surface area (Å²) in [5.74, 6) is -4.46. The largest absolute Gasteiger partial charge is 0.496 e. The third-order valence-electron chi connectivity index (χ3n) is 2.50. The summed E-state index contributed by atoms with van der Waals surface area (Å²) in [6.07, 6.45) is 0. The van der Waals surface area contributed by atoms with Gasteiger partial charge in [-0.2, -0.15) is 0 Å². The summed E-state index contributed by atoms with van der Waals surface area (Å²) in [6.45, 7) is -2.77. The Morgan fingerprint density at radius 1 is 1.48 bits per heavy atom. The second-order valence-electron chi connectivity index (χ2n) is 4.06. The number of aliphatic hydroxyl groups excluding tert-OH is 1. The van der Waals surface area contributed by atoms with Gasteiger partial charge in [-0.1, -0.05) is 0 Å². The average Bonchev–Trinajstić information content (AvgIpc) is 2.44. The minimum absolute atomic E-state index is 0.0575. The van der Waals surface area contributed by atoms with Gasteiger partial charge in [0.2, 0.25) is 10.0 Å². The number of hydrogen-bond acceptors (Lipinski definition) is 5. The van der Waals surface area contributed by atoms with Gasteiger partial charge in [-0.3, -0.25) is 4.79 Å². The molecular formula is C11H14F2N2O5S. The Bertz CT molecular complexity index is 634. The Hall–Kier alpha value is -1.78. The summed E-state index contributed by atoms with van der Waals surface area (Å²) in [4.78, 5) is 10.8. The molecule has 0 saturated heterocycles. The van der Waals surface area contributed by atoms with Crippen molar-refractivity contribution in [1.82, 2.24) is 4.72 Å². The Morgan fingerprint density at radius 3 is 2.57 bits per heavy atom. The van der Waals surface area contributed by atoms with Gasteiger partial charge in [-0.05, 0) is 18.2 Å². The molecule has 0 saturated carbocycles. The highest BCUT2D eigenvalue weighted by Gasteiger charge is 2.30. The predicted octanol–water partition coefficient (Wildman–Crippen LogP) is -0.300. The van der Waals surface area contributed by atoms with Gasteiger partial charge in [0.1, 0.15) is 12.4 Å². The van der Waals surface area contributed by atoms with E-state index in [9.17, 15) is 22.0 Å². The van der Waals surface area contributed by atoms with Crippen LogP contribution in [0.1, 0.15) is 10.4 Å². The van der Waals surface area contributed by atoms with Crippen LogP contribution in [0.3, 0.4) is 0 Å². The topological polar surface area (TPSA) is 119 Å². The number of alkyl halides is 2. The summed E-state index contributed by atoms with van der Waals surface area (Å²) < 4.78 is 55.9. The fourth-order valence-electron chi connectivity index (χ4n) is 1.39. The normalized spacial score (nSPS) is 12.2. The van der Waals surface area contributed by atoms with E-state index in [-0.39, 0.29) is 11.3 Å². The van der Waals surface area contributed by atoms with Crippen LogP contribution in [0.2, 0.25) is 0 Å². The zero-order chi connectivity index (χ0) is 16.3. The first-order chi connectivity index (χ1) is 9.63. The predicted molar refractivity (Wildman–Crippen MR) is 68.7 cm³/mol. The first-order valence-corrected chi connectivity index (χ1v) is 7.07. The number of nitrogens with one attached hydrogen (secondary N) is 1. The van der Waals surface area contributed by atoms with Gasteiger partial charge in [-0.15, -0.1) is 0 Å². The van der Waals surface area contributed by atoms with Crippen LogP contribution in [0.4, 0.5) is 8.78 Å². The lowest BCUT2D eigenvalue weighted by Gasteiger charge is -2.15. The van der Waals surface area contributed by atoms with Crippen molar-refractivity contribution in [2.75, 3.05) is 20.3 Å². The summed E-state index contributed by atoms with van der Waals surface area (Å²) in [6, 6.07) is 3.17. The monoisotopic (exact) mass is 324 g/mol. The zero-order valence-electron chi connectivity index (χ0n) is 11.0. The fraction of sp³-hybridized carbons (Fsp3) is 0.364. The lowest BCUT2D eigenvalue weighted by Crippen LogP contribution is -2.39. The summed E-state index contributed by atoms with van der Waals surface area (Å²) in [7, 11) is -3.03. The van der Waals surface area contributed by atoms with Gasteiger partial charge >= 0.3 is 0 Å². The molecule has 0 aromatic heterocycles.